The molecule has 122 valence electrons. The molecule has 0 spiro atoms. The second kappa shape index (κ2) is 6.28. The van der Waals surface area contributed by atoms with Gasteiger partial charge in [0.1, 0.15) is 6.04 Å². The molecule has 2 heterocycles. The maximum Gasteiger partial charge on any atom is 0.245 e. The van der Waals surface area contributed by atoms with Crippen molar-refractivity contribution < 1.29 is 9.59 Å². The number of rotatable bonds is 3. The van der Waals surface area contributed by atoms with Crippen molar-refractivity contribution in [2.45, 2.75) is 19.4 Å². The summed E-state index contributed by atoms with van der Waals surface area (Å²) in [5, 5.41) is 1.08. The van der Waals surface area contributed by atoms with Crippen LogP contribution in [-0.4, -0.2) is 58.4 Å². The summed E-state index contributed by atoms with van der Waals surface area (Å²) in [7, 11) is 3.47. The van der Waals surface area contributed by atoms with Crippen LogP contribution in [0.25, 0.3) is 10.9 Å². The van der Waals surface area contributed by atoms with Crippen LogP contribution in [0.1, 0.15) is 11.3 Å². The Bertz CT molecular complexity index is 753. The smallest absolute Gasteiger partial charge is 0.245 e. The number of carbonyl (C=O) groups is 2. The fourth-order valence-corrected chi connectivity index (χ4v) is 4.18. The van der Waals surface area contributed by atoms with Crippen LogP contribution < -0.4 is 0 Å². The number of nitrogens with one attached hydrogen (secondary N) is 1. The summed E-state index contributed by atoms with van der Waals surface area (Å²) in [6.07, 6.45) is 0.327. The molecule has 1 aliphatic heterocycles. The molecule has 6 heteroatoms. The number of aryl methyl sites for hydroxylation is 1. The first kappa shape index (κ1) is 15.9. The number of amides is 2. The van der Waals surface area contributed by atoms with E-state index in [0.717, 1.165) is 22.2 Å². The van der Waals surface area contributed by atoms with Crippen molar-refractivity contribution in [2.24, 2.45) is 0 Å². The monoisotopic (exact) mass is 331 g/mol. The molecule has 3 rings (SSSR count). The standard InChI is InChI=1S/C17H21N3O2S/c1-11-13(12-6-4-5-7-14(12)18-11)8-16(21)20-10-23-9-15(20)17(22)19(2)3/h4-7,15,18H,8-10H2,1-3H3/t15-/m1/s1. The number of H-pyrrole nitrogens is 1. The van der Waals surface area contributed by atoms with Gasteiger partial charge in [-0.2, -0.15) is 0 Å². The molecular formula is C17H21N3O2S. The Morgan fingerprint density at radius 3 is 2.83 bits per heavy atom. The number of hydrogen-bond acceptors (Lipinski definition) is 3. The van der Waals surface area contributed by atoms with Crippen molar-refractivity contribution in [1.82, 2.24) is 14.8 Å². The third-order valence-electron chi connectivity index (χ3n) is 4.28. The van der Waals surface area contributed by atoms with Crippen LogP contribution in [-0.2, 0) is 16.0 Å². The van der Waals surface area contributed by atoms with Crippen molar-refractivity contribution >= 4 is 34.5 Å². The SMILES string of the molecule is Cc1[nH]c2ccccc2c1CC(=O)N1CSC[C@@H]1C(=O)N(C)C. The molecule has 1 aromatic heterocycles. The highest BCUT2D eigenvalue weighted by molar-refractivity contribution is 7.99. The van der Waals surface area contributed by atoms with Gasteiger partial charge in [-0.05, 0) is 18.6 Å². The van der Waals surface area contributed by atoms with Crippen LogP contribution in [0.4, 0.5) is 0 Å². The minimum Gasteiger partial charge on any atom is -0.358 e. The van der Waals surface area contributed by atoms with Gasteiger partial charge in [0.05, 0.1) is 12.3 Å². The molecule has 0 unspecified atom stereocenters. The molecule has 5 nitrogen and oxygen atoms in total. The third kappa shape index (κ3) is 2.95. The molecule has 2 aromatic rings. The summed E-state index contributed by atoms with van der Waals surface area (Å²) in [6.45, 7) is 1.99. The average molecular weight is 331 g/mol. The van der Waals surface area contributed by atoms with Gasteiger partial charge in [0.15, 0.2) is 0 Å². The predicted octanol–water partition coefficient (Wildman–Crippen LogP) is 2.01. The highest BCUT2D eigenvalue weighted by Crippen LogP contribution is 2.26. The van der Waals surface area contributed by atoms with E-state index in [2.05, 4.69) is 4.98 Å². The number of hydrogen-bond donors (Lipinski definition) is 1. The second-order valence-electron chi connectivity index (χ2n) is 6.06. The van der Waals surface area contributed by atoms with Gasteiger partial charge in [0.2, 0.25) is 11.8 Å². The van der Waals surface area contributed by atoms with Crippen LogP contribution in [0.5, 0.6) is 0 Å². The lowest BCUT2D eigenvalue weighted by atomic mass is 10.1. The van der Waals surface area contributed by atoms with Crippen LogP contribution in [0.15, 0.2) is 24.3 Å². The Morgan fingerprint density at radius 1 is 1.35 bits per heavy atom. The molecule has 0 aliphatic carbocycles. The highest BCUT2D eigenvalue weighted by Gasteiger charge is 2.35. The first-order valence-electron chi connectivity index (χ1n) is 7.63. The lowest BCUT2D eigenvalue weighted by Crippen LogP contribution is -2.47. The molecule has 1 fully saturated rings. The zero-order valence-electron chi connectivity index (χ0n) is 13.6. The van der Waals surface area contributed by atoms with E-state index in [-0.39, 0.29) is 17.9 Å². The van der Waals surface area contributed by atoms with Gasteiger partial charge in [-0.15, -0.1) is 11.8 Å². The Balaban J connectivity index is 1.83. The van der Waals surface area contributed by atoms with Gasteiger partial charge in [-0.1, -0.05) is 18.2 Å². The molecule has 1 atom stereocenters. The molecule has 1 N–H and O–H groups in total. The summed E-state index contributed by atoms with van der Waals surface area (Å²) in [5.74, 6) is 1.28. The fraction of sp³-hybridized carbons (Fsp3) is 0.412. The molecule has 2 amide bonds. The Morgan fingerprint density at radius 2 is 2.09 bits per heavy atom. The third-order valence-corrected chi connectivity index (χ3v) is 5.30. The normalized spacial score (nSPS) is 17.7. The van der Waals surface area contributed by atoms with E-state index >= 15 is 0 Å². The largest absolute Gasteiger partial charge is 0.358 e. The number of aromatic nitrogens is 1. The first-order chi connectivity index (χ1) is 11.0. The van der Waals surface area contributed by atoms with Gasteiger partial charge in [0, 0.05) is 36.4 Å². The summed E-state index contributed by atoms with van der Waals surface area (Å²) in [5.41, 5.74) is 3.09. The number of benzene rings is 1. The summed E-state index contributed by atoms with van der Waals surface area (Å²) in [6, 6.07) is 7.66. The molecular weight excluding hydrogens is 310 g/mol. The van der Waals surface area contributed by atoms with Crippen LogP contribution in [0.2, 0.25) is 0 Å². The fourth-order valence-electron chi connectivity index (χ4n) is 3.01. The van der Waals surface area contributed by atoms with E-state index in [1.165, 1.54) is 0 Å². The average Bonchev–Trinajstić information content (AvgIpc) is 3.12. The number of nitrogens with zero attached hydrogens (tertiary/aromatic N) is 2. The van der Waals surface area contributed by atoms with E-state index in [9.17, 15) is 9.59 Å². The summed E-state index contributed by atoms with van der Waals surface area (Å²) < 4.78 is 0. The molecule has 23 heavy (non-hydrogen) atoms. The molecule has 0 radical (unpaired) electrons. The summed E-state index contributed by atoms with van der Waals surface area (Å²) in [4.78, 5) is 31.6. The highest BCUT2D eigenvalue weighted by atomic mass is 32.2. The van der Waals surface area contributed by atoms with Crippen molar-refractivity contribution in [3.8, 4) is 0 Å². The molecule has 1 saturated heterocycles. The first-order valence-corrected chi connectivity index (χ1v) is 8.79. The maximum absolute atomic E-state index is 12.8. The van der Waals surface area contributed by atoms with Crippen molar-refractivity contribution in [1.29, 1.82) is 0 Å². The van der Waals surface area contributed by atoms with Crippen molar-refractivity contribution in [3.63, 3.8) is 0 Å². The van der Waals surface area contributed by atoms with E-state index in [1.807, 2.05) is 31.2 Å². The van der Waals surface area contributed by atoms with Gasteiger partial charge < -0.3 is 14.8 Å². The number of thioether (sulfide) groups is 1. The Hall–Kier alpha value is -1.95. The van der Waals surface area contributed by atoms with E-state index in [1.54, 1.807) is 35.7 Å². The topological polar surface area (TPSA) is 56.4 Å². The maximum atomic E-state index is 12.8. The second-order valence-corrected chi connectivity index (χ2v) is 7.06. The van der Waals surface area contributed by atoms with Crippen LogP contribution in [0, 0.1) is 6.92 Å². The number of fused-ring (bicyclic) bond motifs is 1. The number of aromatic amines is 1. The Kier molecular flexibility index (Phi) is 4.35. The van der Waals surface area contributed by atoms with Crippen LogP contribution in [0.3, 0.4) is 0 Å². The number of likely N-dealkylation sites (N-methyl/N-ethyl adjacent to an activating group) is 1. The van der Waals surface area contributed by atoms with E-state index in [0.29, 0.717) is 18.1 Å². The minimum absolute atomic E-state index is 0.000927. The van der Waals surface area contributed by atoms with E-state index in [4.69, 9.17) is 0 Å². The van der Waals surface area contributed by atoms with Crippen molar-refractivity contribution in [2.75, 3.05) is 25.7 Å². The van der Waals surface area contributed by atoms with Gasteiger partial charge in [0.25, 0.3) is 0 Å². The van der Waals surface area contributed by atoms with Crippen molar-refractivity contribution in [3.05, 3.63) is 35.5 Å². The predicted molar refractivity (Wildman–Crippen MR) is 93.4 cm³/mol. The summed E-state index contributed by atoms with van der Waals surface area (Å²) >= 11 is 1.63. The quantitative estimate of drug-likeness (QED) is 0.936. The minimum atomic E-state index is -0.340. The van der Waals surface area contributed by atoms with Gasteiger partial charge in [-0.25, -0.2) is 0 Å². The van der Waals surface area contributed by atoms with E-state index < -0.39 is 0 Å². The zero-order valence-corrected chi connectivity index (χ0v) is 14.4. The number of para-hydroxylation sites is 1. The molecule has 0 bridgehead atoms. The van der Waals surface area contributed by atoms with Gasteiger partial charge in [-0.3, -0.25) is 9.59 Å². The molecule has 1 aliphatic rings. The zero-order chi connectivity index (χ0) is 16.6. The Labute approximate surface area is 140 Å². The number of carbonyl (C=O) groups excluding carboxylic acids is 2. The molecule has 0 saturated carbocycles. The lowest BCUT2D eigenvalue weighted by molar-refractivity contribution is -0.141. The van der Waals surface area contributed by atoms with Gasteiger partial charge >= 0.3 is 0 Å². The molecule has 1 aromatic carbocycles. The lowest BCUT2D eigenvalue weighted by Gasteiger charge is -2.25. The van der Waals surface area contributed by atoms with Crippen LogP contribution >= 0.6 is 11.8 Å².